The average molecular weight is 182 g/mol. The average Bonchev–Trinajstić information content (AvgIpc) is 2.61. The molecule has 0 bridgehead atoms. The van der Waals surface area contributed by atoms with Gasteiger partial charge in [0.05, 0.1) is 0 Å². The molecule has 2 saturated heterocycles. The summed E-state index contributed by atoms with van der Waals surface area (Å²) in [6.45, 7) is 8.38. The van der Waals surface area contributed by atoms with Crippen LogP contribution in [0.2, 0.25) is 0 Å². The molecule has 76 valence electrons. The Hall–Kier alpha value is -0.0800. The molecular formula is C11H22N2. The van der Waals surface area contributed by atoms with Gasteiger partial charge in [-0.05, 0) is 64.6 Å². The molecule has 2 aliphatic heterocycles. The fraction of sp³-hybridized carbons (Fsp3) is 1.00. The van der Waals surface area contributed by atoms with Crippen molar-refractivity contribution in [2.75, 3.05) is 19.6 Å². The highest BCUT2D eigenvalue weighted by atomic mass is 15.0. The van der Waals surface area contributed by atoms with Crippen LogP contribution in [0.25, 0.3) is 0 Å². The fourth-order valence-electron chi connectivity index (χ4n) is 2.84. The Morgan fingerprint density at radius 3 is 2.62 bits per heavy atom. The van der Waals surface area contributed by atoms with Crippen LogP contribution in [0, 0.1) is 11.8 Å². The van der Waals surface area contributed by atoms with E-state index in [0.717, 1.165) is 11.8 Å². The van der Waals surface area contributed by atoms with Crippen molar-refractivity contribution in [3.8, 4) is 0 Å². The van der Waals surface area contributed by atoms with E-state index in [0.29, 0.717) is 5.54 Å². The summed E-state index contributed by atoms with van der Waals surface area (Å²) in [5.74, 6) is 1.89. The smallest absolute Gasteiger partial charge is 0.0128 e. The van der Waals surface area contributed by atoms with Gasteiger partial charge in [0.15, 0.2) is 0 Å². The van der Waals surface area contributed by atoms with E-state index in [-0.39, 0.29) is 0 Å². The molecule has 2 heterocycles. The first kappa shape index (κ1) is 9.47. The molecular weight excluding hydrogens is 160 g/mol. The minimum absolute atomic E-state index is 0.400. The van der Waals surface area contributed by atoms with Crippen LogP contribution in [0.4, 0.5) is 0 Å². The van der Waals surface area contributed by atoms with Crippen molar-refractivity contribution in [1.82, 2.24) is 10.6 Å². The van der Waals surface area contributed by atoms with Crippen molar-refractivity contribution in [2.24, 2.45) is 11.8 Å². The Balaban J connectivity index is 1.77. The molecule has 0 aromatic carbocycles. The van der Waals surface area contributed by atoms with E-state index < -0.39 is 0 Å². The molecule has 2 heteroatoms. The van der Waals surface area contributed by atoms with Gasteiger partial charge in [0.25, 0.3) is 0 Å². The monoisotopic (exact) mass is 182 g/mol. The van der Waals surface area contributed by atoms with Gasteiger partial charge >= 0.3 is 0 Å². The lowest BCUT2D eigenvalue weighted by atomic mass is 9.89. The second-order valence-corrected chi connectivity index (χ2v) is 5.43. The van der Waals surface area contributed by atoms with Crippen LogP contribution in [-0.4, -0.2) is 25.2 Å². The molecule has 2 rings (SSSR count). The lowest BCUT2D eigenvalue weighted by Gasteiger charge is -2.18. The summed E-state index contributed by atoms with van der Waals surface area (Å²) in [6, 6.07) is 0. The molecule has 0 amide bonds. The first-order valence-corrected chi connectivity index (χ1v) is 5.61. The van der Waals surface area contributed by atoms with E-state index in [9.17, 15) is 0 Å². The van der Waals surface area contributed by atoms with Crippen molar-refractivity contribution in [1.29, 1.82) is 0 Å². The van der Waals surface area contributed by atoms with E-state index in [1.54, 1.807) is 0 Å². The first-order valence-electron chi connectivity index (χ1n) is 5.61. The van der Waals surface area contributed by atoms with Crippen LogP contribution < -0.4 is 10.6 Å². The fourth-order valence-corrected chi connectivity index (χ4v) is 2.84. The van der Waals surface area contributed by atoms with Gasteiger partial charge in [0.1, 0.15) is 0 Å². The third-order valence-electron chi connectivity index (χ3n) is 3.50. The molecule has 0 radical (unpaired) electrons. The molecule has 0 saturated carbocycles. The quantitative estimate of drug-likeness (QED) is 0.674. The van der Waals surface area contributed by atoms with Gasteiger partial charge < -0.3 is 10.6 Å². The maximum atomic E-state index is 3.60. The highest BCUT2D eigenvalue weighted by Gasteiger charge is 2.31. The van der Waals surface area contributed by atoms with Crippen molar-refractivity contribution in [3.05, 3.63) is 0 Å². The highest BCUT2D eigenvalue weighted by molar-refractivity contribution is 4.90. The van der Waals surface area contributed by atoms with Gasteiger partial charge in [0.2, 0.25) is 0 Å². The van der Waals surface area contributed by atoms with Crippen LogP contribution >= 0.6 is 0 Å². The van der Waals surface area contributed by atoms with Gasteiger partial charge in [-0.2, -0.15) is 0 Å². The molecule has 0 spiro atoms. The van der Waals surface area contributed by atoms with E-state index in [2.05, 4.69) is 24.5 Å². The summed E-state index contributed by atoms with van der Waals surface area (Å²) in [5.41, 5.74) is 0.400. The molecule has 13 heavy (non-hydrogen) atoms. The third kappa shape index (κ3) is 2.44. The number of hydrogen-bond donors (Lipinski definition) is 2. The predicted molar refractivity (Wildman–Crippen MR) is 55.8 cm³/mol. The lowest BCUT2D eigenvalue weighted by molar-refractivity contribution is 0.385. The largest absolute Gasteiger partial charge is 0.316 e. The minimum Gasteiger partial charge on any atom is -0.316 e. The molecule has 2 fully saturated rings. The first-order chi connectivity index (χ1) is 6.16. The van der Waals surface area contributed by atoms with E-state index in [1.165, 1.54) is 38.9 Å². The zero-order chi connectivity index (χ0) is 9.31. The topological polar surface area (TPSA) is 24.1 Å². The maximum Gasteiger partial charge on any atom is 0.0128 e. The summed E-state index contributed by atoms with van der Waals surface area (Å²) in [4.78, 5) is 0. The summed E-state index contributed by atoms with van der Waals surface area (Å²) in [6.07, 6.45) is 4.20. The van der Waals surface area contributed by atoms with Gasteiger partial charge in [-0.15, -0.1) is 0 Å². The number of nitrogens with one attached hydrogen (secondary N) is 2. The molecule has 2 aliphatic rings. The third-order valence-corrected chi connectivity index (χ3v) is 3.50. The summed E-state index contributed by atoms with van der Waals surface area (Å²) in [7, 11) is 0. The highest BCUT2D eigenvalue weighted by Crippen LogP contribution is 2.29. The second kappa shape index (κ2) is 3.58. The molecule has 0 aliphatic carbocycles. The van der Waals surface area contributed by atoms with Gasteiger partial charge in [-0.25, -0.2) is 0 Å². The Morgan fingerprint density at radius 1 is 1.23 bits per heavy atom. The normalized spacial score (nSPS) is 38.3. The van der Waals surface area contributed by atoms with Gasteiger partial charge in [0, 0.05) is 5.54 Å². The van der Waals surface area contributed by atoms with Crippen LogP contribution in [0.15, 0.2) is 0 Å². The maximum absolute atomic E-state index is 3.60. The molecule has 0 aromatic rings. The van der Waals surface area contributed by atoms with Crippen molar-refractivity contribution < 1.29 is 0 Å². The van der Waals surface area contributed by atoms with Crippen LogP contribution in [-0.2, 0) is 0 Å². The van der Waals surface area contributed by atoms with Gasteiger partial charge in [-0.3, -0.25) is 0 Å². The van der Waals surface area contributed by atoms with Crippen LogP contribution in [0.3, 0.4) is 0 Å². The molecule has 2 N–H and O–H groups in total. The van der Waals surface area contributed by atoms with E-state index in [4.69, 9.17) is 0 Å². The van der Waals surface area contributed by atoms with Crippen LogP contribution in [0.1, 0.15) is 33.1 Å². The van der Waals surface area contributed by atoms with Crippen molar-refractivity contribution >= 4 is 0 Å². The van der Waals surface area contributed by atoms with Gasteiger partial charge in [-0.1, -0.05) is 0 Å². The molecule has 2 atom stereocenters. The SMILES string of the molecule is CC1(C)CC(CC2CCNC2)CN1. The molecule has 0 aromatic heterocycles. The standard InChI is InChI=1S/C11H22N2/c1-11(2)6-10(8-13-11)5-9-3-4-12-7-9/h9-10,12-13H,3-8H2,1-2H3. The number of hydrogen-bond acceptors (Lipinski definition) is 2. The van der Waals surface area contributed by atoms with Crippen molar-refractivity contribution in [3.63, 3.8) is 0 Å². The Morgan fingerprint density at radius 2 is 2.08 bits per heavy atom. The molecule has 2 nitrogen and oxygen atoms in total. The summed E-state index contributed by atoms with van der Waals surface area (Å²) in [5, 5.41) is 7.05. The number of rotatable bonds is 2. The zero-order valence-electron chi connectivity index (χ0n) is 8.90. The summed E-state index contributed by atoms with van der Waals surface area (Å²) < 4.78 is 0. The Bertz CT molecular complexity index is 171. The van der Waals surface area contributed by atoms with E-state index >= 15 is 0 Å². The van der Waals surface area contributed by atoms with Crippen molar-refractivity contribution in [2.45, 2.75) is 38.6 Å². The predicted octanol–water partition coefficient (Wildman–Crippen LogP) is 1.37. The Kier molecular flexibility index (Phi) is 2.61. The Labute approximate surface area is 81.5 Å². The van der Waals surface area contributed by atoms with E-state index in [1.807, 2.05) is 0 Å². The second-order valence-electron chi connectivity index (χ2n) is 5.43. The lowest BCUT2D eigenvalue weighted by Crippen LogP contribution is -2.31. The van der Waals surface area contributed by atoms with Crippen LogP contribution in [0.5, 0.6) is 0 Å². The minimum atomic E-state index is 0.400. The zero-order valence-corrected chi connectivity index (χ0v) is 8.90. The summed E-state index contributed by atoms with van der Waals surface area (Å²) >= 11 is 0. The molecule has 2 unspecified atom stereocenters.